The first-order valence-electron chi connectivity index (χ1n) is 7.82. The summed E-state index contributed by atoms with van der Waals surface area (Å²) in [6, 6.07) is 0.886. The first-order valence-corrected chi connectivity index (χ1v) is 7.82. The number of piperazine rings is 1. The minimum absolute atomic E-state index is 0.108. The maximum Gasteiger partial charge on any atom is 0.433 e. The average Bonchev–Trinajstić information content (AvgIpc) is 2.99. The average molecular weight is 369 g/mol. The Labute approximate surface area is 147 Å². The minimum Gasteiger partial charge on any atom is -0.363 e. The summed E-state index contributed by atoms with van der Waals surface area (Å²) in [5.74, 6) is -0.233. The van der Waals surface area contributed by atoms with Gasteiger partial charge in [0.1, 0.15) is 12.4 Å². The van der Waals surface area contributed by atoms with E-state index in [1.54, 1.807) is 43.1 Å². The second-order valence-corrected chi connectivity index (χ2v) is 6.14. The Kier molecular flexibility index (Phi) is 4.46. The molecule has 3 heterocycles. The van der Waals surface area contributed by atoms with Gasteiger partial charge in [-0.25, -0.2) is 4.98 Å². The molecule has 0 aromatic carbocycles. The molecule has 0 saturated carbocycles. The van der Waals surface area contributed by atoms with Crippen molar-refractivity contribution in [1.82, 2.24) is 19.7 Å². The van der Waals surface area contributed by atoms with Crippen LogP contribution in [0.4, 0.5) is 30.6 Å². The molecule has 2 aromatic heterocycles. The molecule has 1 fully saturated rings. The third-order valence-corrected chi connectivity index (χ3v) is 3.96. The van der Waals surface area contributed by atoms with Gasteiger partial charge in [0, 0.05) is 46.5 Å². The van der Waals surface area contributed by atoms with Crippen LogP contribution in [0.3, 0.4) is 0 Å². The number of rotatable bonds is 3. The van der Waals surface area contributed by atoms with E-state index in [0.717, 1.165) is 6.07 Å². The fourth-order valence-electron chi connectivity index (χ4n) is 2.60. The Morgan fingerprint density at radius 1 is 1.19 bits per heavy atom. The number of carbonyl (C=O) groups is 1. The first kappa shape index (κ1) is 18.0. The zero-order valence-electron chi connectivity index (χ0n) is 14.5. The summed E-state index contributed by atoms with van der Waals surface area (Å²) in [5.41, 5.74) is -0.385. The van der Waals surface area contributed by atoms with Gasteiger partial charge in [0.05, 0.1) is 11.9 Å². The predicted molar refractivity (Wildman–Crippen MR) is 89.1 cm³/mol. The van der Waals surface area contributed by atoms with Gasteiger partial charge in [-0.2, -0.15) is 23.3 Å². The van der Waals surface area contributed by atoms with Gasteiger partial charge in [-0.3, -0.25) is 9.48 Å². The van der Waals surface area contributed by atoms with Crippen molar-refractivity contribution in [3.63, 3.8) is 0 Å². The largest absolute Gasteiger partial charge is 0.433 e. The smallest absolute Gasteiger partial charge is 0.363 e. The van der Waals surface area contributed by atoms with Crippen LogP contribution in [0.1, 0.15) is 5.69 Å². The highest BCUT2D eigenvalue weighted by atomic mass is 19.4. The van der Waals surface area contributed by atoms with Crippen molar-refractivity contribution in [3.05, 3.63) is 24.2 Å². The molecule has 3 rings (SSSR count). The SMILES string of the molecule is CN(C)c1cc(C(F)(F)F)nc(N2CCN(c3cnn(C)c3)C(=O)C2)n1. The van der Waals surface area contributed by atoms with E-state index in [1.165, 1.54) is 9.80 Å². The highest BCUT2D eigenvalue weighted by molar-refractivity contribution is 5.97. The summed E-state index contributed by atoms with van der Waals surface area (Å²) < 4.78 is 41.0. The summed E-state index contributed by atoms with van der Waals surface area (Å²) in [4.78, 5) is 24.7. The van der Waals surface area contributed by atoms with Gasteiger partial charge in [-0.15, -0.1) is 0 Å². The molecule has 0 N–H and O–H groups in total. The van der Waals surface area contributed by atoms with E-state index in [4.69, 9.17) is 0 Å². The van der Waals surface area contributed by atoms with Gasteiger partial charge in [0.2, 0.25) is 11.9 Å². The number of hydrogen-bond donors (Lipinski definition) is 0. The van der Waals surface area contributed by atoms with Gasteiger partial charge < -0.3 is 14.7 Å². The molecule has 0 bridgehead atoms. The molecule has 1 saturated heterocycles. The zero-order chi connectivity index (χ0) is 19.1. The number of nitrogens with zero attached hydrogens (tertiary/aromatic N) is 7. The molecule has 0 atom stereocenters. The summed E-state index contributed by atoms with van der Waals surface area (Å²) in [6.07, 6.45) is -1.32. The lowest BCUT2D eigenvalue weighted by Crippen LogP contribution is -2.51. The Morgan fingerprint density at radius 3 is 2.46 bits per heavy atom. The number of anilines is 3. The van der Waals surface area contributed by atoms with Crippen LogP contribution in [-0.4, -0.2) is 59.4 Å². The van der Waals surface area contributed by atoms with Crippen LogP contribution >= 0.6 is 0 Å². The molecule has 26 heavy (non-hydrogen) atoms. The van der Waals surface area contributed by atoms with Crippen LogP contribution in [-0.2, 0) is 18.0 Å². The first-order chi connectivity index (χ1) is 12.1. The van der Waals surface area contributed by atoms with E-state index in [9.17, 15) is 18.0 Å². The molecule has 0 aliphatic carbocycles. The normalized spacial score (nSPS) is 15.5. The fraction of sp³-hybridized carbons (Fsp3) is 0.467. The quantitative estimate of drug-likeness (QED) is 0.808. The summed E-state index contributed by atoms with van der Waals surface area (Å²) >= 11 is 0. The predicted octanol–water partition coefficient (Wildman–Crippen LogP) is 1.15. The van der Waals surface area contributed by atoms with Crippen molar-refractivity contribution in [1.29, 1.82) is 0 Å². The van der Waals surface area contributed by atoms with Gasteiger partial charge >= 0.3 is 6.18 Å². The Hall–Kier alpha value is -2.85. The summed E-state index contributed by atoms with van der Waals surface area (Å²) in [6.45, 7) is 0.513. The van der Waals surface area contributed by atoms with E-state index in [1.807, 2.05) is 0 Å². The van der Waals surface area contributed by atoms with Gasteiger partial charge in [0.15, 0.2) is 5.69 Å². The molecular formula is C15H18F3N7O. The number of carbonyl (C=O) groups excluding carboxylic acids is 1. The number of amides is 1. The van der Waals surface area contributed by atoms with E-state index < -0.39 is 11.9 Å². The fourth-order valence-corrected chi connectivity index (χ4v) is 2.60. The summed E-state index contributed by atoms with van der Waals surface area (Å²) in [7, 11) is 4.93. The molecule has 1 aliphatic heterocycles. The van der Waals surface area contributed by atoms with E-state index in [-0.39, 0.29) is 24.2 Å². The van der Waals surface area contributed by atoms with Crippen LogP contribution in [0.5, 0.6) is 0 Å². The van der Waals surface area contributed by atoms with Crippen LogP contribution in [0.25, 0.3) is 0 Å². The van der Waals surface area contributed by atoms with E-state index in [0.29, 0.717) is 18.8 Å². The van der Waals surface area contributed by atoms with Gasteiger partial charge in [-0.05, 0) is 0 Å². The third-order valence-electron chi connectivity index (χ3n) is 3.96. The second-order valence-electron chi connectivity index (χ2n) is 6.14. The molecule has 8 nitrogen and oxygen atoms in total. The molecule has 2 aromatic rings. The molecule has 140 valence electrons. The molecule has 0 spiro atoms. The standard InChI is InChI=1S/C15H18F3N7O/c1-22(2)12-6-11(15(16,17)18)20-14(21-12)24-4-5-25(13(26)9-24)10-7-19-23(3)8-10/h6-8H,4-5,9H2,1-3H3. The highest BCUT2D eigenvalue weighted by Gasteiger charge is 2.35. The molecule has 11 heteroatoms. The Balaban J connectivity index is 1.86. The lowest BCUT2D eigenvalue weighted by molar-refractivity contribution is -0.141. The van der Waals surface area contributed by atoms with Crippen LogP contribution in [0.15, 0.2) is 18.5 Å². The number of aryl methyl sites for hydroxylation is 1. The van der Waals surface area contributed by atoms with Gasteiger partial charge in [0.25, 0.3) is 0 Å². The van der Waals surface area contributed by atoms with Crippen LogP contribution < -0.4 is 14.7 Å². The zero-order valence-corrected chi connectivity index (χ0v) is 14.5. The number of aromatic nitrogens is 4. The lowest BCUT2D eigenvalue weighted by Gasteiger charge is -2.34. The van der Waals surface area contributed by atoms with Crippen molar-refractivity contribution in [2.75, 3.05) is 48.4 Å². The van der Waals surface area contributed by atoms with Gasteiger partial charge in [-0.1, -0.05) is 0 Å². The second kappa shape index (κ2) is 6.46. The molecule has 0 radical (unpaired) electrons. The molecule has 0 unspecified atom stereocenters. The number of halogens is 3. The van der Waals surface area contributed by atoms with Crippen LogP contribution in [0.2, 0.25) is 0 Å². The monoisotopic (exact) mass is 369 g/mol. The Bertz CT molecular complexity index is 818. The van der Waals surface area contributed by atoms with Crippen molar-refractivity contribution >= 4 is 23.4 Å². The third kappa shape index (κ3) is 3.55. The van der Waals surface area contributed by atoms with E-state index in [2.05, 4.69) is 15.1 Å². The van der Waals surface area contributed by atoms with E-state index >= 15 is 0 Å². The molecular weight excluding hydrogens is 351 g/mol. The number of alkyl halides is 3. The Morgan fingerprint density at radius 2 is 1.92 bits per heavy atom. The van der Waals surface area contributed by atoms with Crippen LogP contribution in [0, 0.1) is 0 Å². The van der Waals surface area contributed by atoms with Crippen molar-refractivity contribution < 1.29 is 18.0 Å². The van der Waals surface area contributed by atoms with Crippen molar-refractivity contribution in [3.8, 4) is 0 Å². The topological polar surface area (TPSA) is 70.4 Å². The minimum atomic E-state index is -4.59. The maximum atomic E-state index is 13.1. The molecule has 1 amide bonds. The maximum absolute atomic E-state index is 13.1. The molecule has 1 aliphatic rings. The highest BCUT2D eigenvalue weighted by Crippen LogP contribution is 2.31. The van der Waals surface area contributed by atoms with Crippen molar-refractivity contribution in [2.24, 2.45) is 7.05 Å². The summed E-state index contributed by atoms with van der Waals surface area (Å²) in [5, 5.41) is 4.03. The lowest BCUT2D eigenvalue weighted by atomic mass is 10.3. The number of hydrogen-bond acceptors (Lipinski definition) is 6. The van der Waals surface area contributed by atoms with Crippen molar-refractivity contribution in [2.45, 2.75) is 6.18 Å².